The van der Waals surface area contributed by atoms with E-state index < -0.39 is 16.8 Å². The lowest BCUT2D eigenvalue weighted by Crippen LogP contribution is -2.39. The van der Waals surface area contributed by atoms with Gasteiger partial charge in [-0.25, -0.2) is 0 Å². The predicted molar refractivity (Wildman–Crippen MR) is 136 cm³/mol. The first-order valence-electron chi connectivity index (χ1n) is 12.7. The molecule has 5 rings (SSSR count). The van der Waals surface area contributed by atoms with Crippen LogP contribution >= 0.6 is 0 Å². The summed E-state index contributed by atoms with van der Waals surface area (Å²) >= 11 is 0. The summed E-state index contributed by atoms with van der Waals surface area (Å²) < 4.78 is 5.96. The zero-order valence-corrected chi connectivity index (χ0v) is 20.4. The Morgan fingerprint density at radius 3 is 2.33 bits per heavy atom. The molecule has 1 aliphatic heterocycles. The van der Waals surface area contributed by atoms with Gasteiger partial charge in [0.1, 0.15) is 12.0 Å². The number of esters is 1. The number of rotatable bonds is 5. The quantitative estimate of drug-likeness (QED) is 0.291. The smallest absolute Gasteiger partial charge is 0.315 e. The van der Waals surface area contributed by atoms with E-state index in [9.17, 15) is 19.7 Å². The molecule has 0 bridgehead atoms. The number of non-ortho nitro benzene ring substituents is 1. The van der Waals surface area contributed by atoms with E-state index in [1.165, 1.54) is 12.1 Å². The normalized spacial score (nSPS) is 24.6. The molecular weight excluding hydrogens is 456 g/mol. The number of carbonyl (C=O) groups is 2. The van der Waals surface area contributed by atoms with Crippen molar-refractivity contribution in [3.63, 3.8) is 0 Å². The molecule has 0 N–H and O–H groups in total. The molecule has 36 heavy (non-hydrogen) atoms. The molecule has 2 aliphatic carbocycles. The van der Waals surface area contributed by atoms with Crippen LogP contribution < -0.4 is 0 Å². The Morgan fingerprint density at radius 2 is 1.67 bits per heavy atom. The first kappa shape index (κ1) is 24.1. The highest BCUT2D eigenvalue weighted by Crippen LogP contribution is 2.47. The number of hydrogen-bond acceptors (Lipinski definition) is 6. The number of ether oxygens (including phenoxy) is 1. The standard InChI is InChI=1S/C29H30N2O5/c1-18-26(29(33)36-23-10-6-3-7-11-23)27(20-12-14-22(15-13-20)31(34)35)28-24(30-18)16-21(17-25(28)32)19-8-4-2-5-9-19/h2,4-5,8-9,12-15,21,23,26-27H,3,6-7,10-11,16-17H2,1H3/t21-,26?,27+/m0/s1. The van der Waals surface area contributed by atoms with Crippen molar-refractivity contribution in [3.05, 3.63) is 87.1 Å². The molecule has 3 aliphatic rings. The minimum absolute atomic E-state index is 0.0252. The number of hydrogen-bond donors (Lipinski definition) is 0. The molecule has 1 heterocycles. The van der Waals surface area contributed by atoms with Crippen LogP contribution in [0.5, 0.6) is 0 Å². The molecule has 0 spiro atoms. The van der Waals surface area contributed by atoms with Gasteiger partial charge in [-0.05, 0) is 56.1 Å². The molecular formula is C29H30N2O5. The van der Waals surface area contributed by atoms with Crippen LogP contribution in [0.2, 0.25) is 0 Å². The van der Waals surface area contributed by atoms with E-state index in [0.29, 0.717) is 35.4 Å². The number of nitro benzene ring substituents is 1. The van der Waals surface area contributed by atoms with Gasteiger partial charge in [0.05, 0.1) is 4.92 Å². The fourth-order valence-electron chi connectivity index (χ4n) is 5.91. The zero-order chi connectivity index (χ0) is 25.2. The molecule has 2 aromatic rings. The zero-order valence-electron chi connectivity index (χ0n) is 20.4. The summed E-state index contributed by atoms with van der Waals surface area (Å²) in [6, 6.07) is 16.1. The van der Waals surface area contributed by atoms with E-state index in [0.717, 1.165) is 37.7 Å². The molecule has 0 saturated heterocycles. The Morgan fingerprint density at radius 1 is 0.972 bits per heavy atom. The third kappa shape index (κ3) is 4.74. The maximum absolute atomic E-state index is 13.6. The lowest BCUT2D eigenvalue weighted by Gasteiger charge is -2.37. The Bertz CT molecular complexity index is 1230. The van der Waals surface area contributed by atoms with Crippen LogP contribution in [0.1, 0.15) is 74.8 Å². The topological polar surface area (TPSA) is 98.9 Å². The molecule has 7 heteroatoms. The Labute approximate surface area is 210 Å². The summed E-state index contributed by atoms with van der Waals surface area (Å²) in [4.78, 5) is 42.8. The van der Waals surface area contributed by atoms with Crippen LogP contribution in [0, 0.1) is 16.0 Å². The van der Waals surface area contributed by atoms with Crippen LogP contribution in [0.15, 0.2) is 70.9 Å². The number of benzene rings is 2. The average molecular weight is 487 g/mol. The van der Waals surface area contributed by atoms with E-state index in [4.69, 9.17) is 9.73 Å². The van der Waals surface area contributed by atoms with Crippen molar-refractivity contribution < 1.29 is 19.2 Å². The van der Waals surface area contributed by atoms with Gasteiger partial charge in [-0.2, -0.15) is 0 Å². The van der Waals surface area contributed by atoms with Gasteiger partial charge >= 0.3 is 5.97 Å². The summed E-state index contributed by atoms with van der Waals surface area (Å²) in [5.74, 6) is -1.67. The molecule has 1 saturated carbocycles. The van der Waals surface area contributed by atoms with Crippen molar-refractivity contribution >= 4 is 23.2 Å². The van der Waals surface area contributed by atoms with Crippen LogP contribution in [0.25, 0.3) is 0 Å². The van der Waals surface area contributed by atoms with Gasteiger partial charge in [0.25, 0.3) is 5.69 Å². The molecule has 7 nitrogen and oxygen atoms in total. The molecule has 1 unspecified atom stereocenters. The maximum Gasteiger partial charge on any atom is 0.315 e. The van der Waals surface area contributed by atoms with Gasteiger partial charge in [0.2, 0.25) is 0 Å². The second-order valence-electron chi connectivity index (χ2n) is 10.1. The third-order valence-electron chi connectivity index (χ3n) is 7.71. The predicted octanol–water partition coefficient (Wildman–Crippen LogP) is 6.05. The highest BCUT2D eigenvalue weighted by atomic mass is 16.6. The minimum atomic E-state index is -0.732. The second kappa shape index (κ2) is 10.2. The van der Waals surface area contributed by atoms with Crippen molar-refractivity contribution in [2.75, 3.05) is 0 Å². The Balaban J connectivity index is 1.53. The average Bonchev–Trinajstić information content (AvgIpc) is 2.89. The fourth-order valence-corrected chi connectivity index (χ4v) is 5.91. The Kier molecular flexibility index (Phi) is 6.81. The SMILES string of the molecule is CC1=NC2=C(C(=O)C[C@@H](c3ccccc3)C2)[C@H](c2ccc([N+](=O)[O-])cc2)C1C(=O)OC1CCCCC1. The monoisotopic (exact) mass is 486 g/mol. The van der Waals surface area contributed by atoms with Crippen LogP contribution in [0.3, 0.4) is 0 Å². The van der Waals surface area contributed by atoms with E-state index in [1.54, 1.807) is 12.1 Å². The van der Waals surface area contributed by atoms with Crippen molar-refractivity contribution in [1.29, 1.82) is 0 Å². The van der Waals surface area contributed by atoms with Crippen molar-refractivity contribution in [3.8, 4) is 0 Å². The molecule has 0 aromatic heterocycles. The summed E-state index contributed by atoms with van der Waals surface area (Å²) in [5, 5.41) is 11.2. The first-order valence-corrected chi connectivity index (χ1v) is 12.7. The number of aliphatic imine (C=N–C) groups is 1. The lowest BCUT2D eigenvalue weighted by molar-refractivity contribution is -0.384. The van der Waals surface area contributed by atoms with Gasteiger partial charge < -0.3 is 4.74 Å². The number of nitrogens with zero attached hydrogens (tertiary/aromatic N) is 2. The van der Waals surface area contributed by atoms with Crippen molar-refractivity contribution in [1.82, 2.24) is 0 Å². The van der Waals surface area contributed by atoms with Gasteiger partial charge in [-0.15, -0.1) is 0 Å². The molecule has 186 valence electrons. The molecule has 2 aromatic carbocycles. The number of nitro groups is 1. The first-order chi connectivity index (χ1) is 17.4. The van der Waals surface area contributed by atoms with Gasteiger partial charge in [0.15, 0.2) is 5.78 Å². The van der Waals surface area contributed by atoms with Crippen LogP contribution in [-0.2, 0) is 14.3 Å². The van der Waals surface area contributed by atoms with Gasteiger partial charge in [-0.3, -0.25) is 24.7 Å². The van der Waals surface area contributed by atoms with E-state index in [2.05, 4.69) is 0 Å². The maximum atomic E-state index is 13.6. The van der Waals surface area contributed by atoms with Gasteiger partial charge in [-0.1, -0.05) is 48.9 Å². The highest BCUT2D eigenvalue weighted by molar-refractivity contribution is 6.09. The second-order valence-corrected chi connectivity index (χ2v) is 10.1. The number of allylic oxidation sites excluding steroid dienone is 2. The molecule has 3 atom stereocenters. The van der Waals surface area contributed by atoms with Crippen LogP contribution in [-0.4, -0.2) is 28.5 Å². The Hall–Kier alpha value is -3.61. The van der Waals surface area contributed by atoms with Crippen LogP contribution in [0.4, 0.5) is 5.69 Å². The van der Waals surface area contributed by atoms with E-state index >= 15 is 0 Å². The summed E-state index contributed by atoms with van der Waals surface area (Å²) in [6.45, 7) is 1.82. The van der Waals surface area contributed by atoms with E-state index in [1.807, 2.05) is 37.3 Å². The molecule has 0 amide bonds. The van der Waals surface area contributed by atoms with Gasteiger partial charge in [0, 0.05) is 41.5 Å². The largest absolute Gasteiger partial charge is 0.462 e. The molecule has 1 fully saturated rings. The summed E-state index contributed by atoms with van der Waals surface area (Å²) in [6.07, 6.45) is 5.76. The summed E-state index contributed by atoms with van der Waals surface area (Å²) in [7, 11) is 0. The number of Topliss-reactive ketones (excluding diaryl/α,β-unsaturated/α-hetero) is 1. The third-order valence-corrected chi connectivity index (χ3v) is 7.71. The highest BCUT2D eigenvalue weighted by Gasteiger charge is 2.45. The van der Waals surface area contributed by atoms with E-state index in [-0.39, 0.29) is 29.5 Å². The lowest BCUT2D eigenvalue weighted by atomic mass is 9.69. The number of carbonyl (C=O) groups excluding carboxylic acids is 2. The molecule has 0 radical (unpaired) electrons. The number of ketones is 1. The summed E-state index contributed by atoms with van der Waals surface area (Å²) in [5.41, 5.74) is 3.64. The minimum Gasteiger partial charge on any atom is -0.462 e. The van der Waals surface area contributed by atoms with Crippen molar-refractivity contribution in [2.45, 2.75) is 69.8 Å². The van der Waals surface area contributed by atoms with Crippen molar-refractivity contribution in [2.24, 2.45) is 10.9 Å². The fraction of sp³-hybridized carbons (Fsp3) is 0.414.